The number of hydrogen-bond donors (Lipinski definition) is 2. The maximum absolute atomic E-state index is 12.1. The number of H-pyrrole nitrogens is 1. The Morgan fingerprint density at radius 2 is 1.75 bits per heavy atom. The number of esters is 1. The Balaban J connectivity index is 2.20. The van der Waals surface area contributed by atoms with Gasteiger partial charge in [-0.1, -0.05) is 17.2 Å². The van der Waals surface area contributed by atoms with Crippen LogP contribution in [0.5, 0.6) is 0 Å². The summed E-state index contributed by atoms with van der Waals surface area (Å²) in [7, 11) is 1.31. The van der Waals surface area contributed by atoms with Gasteiger partial charge < -0.3 is 10.5 Å². The van der Waals surface area contributed by atoms with Crippen molar-refractivity contribution in [2.75, 3.05) is 12.3 Å². The summed E-state index contributed by atoms with van der Waals surface area (Å²) in [5.74, 6) is -1.76. The molecule has 0 amide bonds. The number of anilines is 1. The number of hydrogen-bond acceptors (Lipinski definition) is 6. The van der Waals surface area contributed by atoms with E-state index in [1.54, 1.807) is 12.1 Å². The predicted octanol–water partition coefficient (Wildman–Crippen LogP) is 0.312. The van der Waals surface area contributed by atoms with Crippen LogP contribution in [0.4, 0.5) is 5.82 Å². The van der Waals surface area contributed by atoms with Crippen LogP contribution in [0.1, 0.15) is 31.8 Å². The molecule has 1 aromatic carbocycles. The van der Waals surface area contributed by atoms with Gasteiger partial charge in [0.25, 0.3) is 5.56 Å². The summed E-state index contributed by atoms with van der Waals surface area (Å²) >= 11 is 0. The van der Waals surface area contributed by atoms with Gasteiger partial charge in [-0.15, -0.1) is 0 Å². The Labute approximate surface area is 136 Å². The molecule has 24 heavy (non-hydrogen) atoms. The lowest BCUT2D eigenvalue weighted by molar-refractivity contribution is 0.0474. The fourth-order valence-corrected chi connectivity index (χ4v) is 2.29. The van der Waals surface area contributed by atoms with E-state index < -0.39 is 35.2 Å². The number of aromatic amines is 1. The van der Waals surface area contributed by atoms with E-state index >= 15 is 0 Å². The average Bonchev–Trinajstić information content (AvgIpc) is 2.49. The van der Waals surface area contributed by atoms with E-state index in [9.17, 15) is 19.2 Å². The third-order valence-electron chi connectivity index (χ3n) is 3.44. The first-order valence-electron chi connectivity index (χ1n) is 7.08. The van der Waals surface area contributed by atoms with Crippen molar-refractivity contribution >= 4 is 17.6 Å². The van der Waals surface area contributed by atoms with Gasteiger partial charge >= 0.3 is 11.7 Å². The van der Waals surface area contributed by atoms with Crippen molar-refractivity contribution in [1.29, 1.82) is 0 Å². The molecule has 1 aromatic heterocycles. The summed E-state index contributed by atoms with van der Waals surface area (Å²) in [5, 5.41) is 0. The molecule has 8 nitrogen and oxygen atoms in total. The van der Waals surface area contributed by atoms with E-state index in [-0.39, 0.29) is 5.82 Å². The van der Waals surface area contributed by atoms with Crippen molar-refractivity contribution in [2.24, 2.45) is 7.05 Å². The zero-order valence-corrected chi connectivity index (χ0v) is 13.5. The first-order valence-corrected chi connectivity index (χ1v) is 7.08. The van der Waals surface area contributed by atoms with Crippen molar-refractivity contribution in [3.05, 3.63) is 61.3 Å². The Hall–Kier alpha value is -3.16. The zero-order valence-electron chi connectivity index (χ0n) is 13.5. The third kappa shape index (κ3) is 3.43. The molecule has 8 heteroatoms. The van der Waals surface area contributed by atoms with E-state index in [2.05, 4.69) is 0 Å². The number of ketones is 1. The minimum Gasteiger partial charge on any atom is -0.454 e. The van der Waals surface area contributed by atoms with Crippen molar-refractivity contribution < 1.29 is 14.3 Å². The SMILES string of the molecule is Cc1cc(C)cc(C(=O)OCC(=O)c2c(N)n(C)c(=O)[nH]c2=O)c1. The molecule has 0 aliphatic rings. The number of benzene rings is 1. The van der Waals surface area contributed by atoms with Crippen molar-refractivity contribution in [3.8, 4) is 0 Å². The molecular weight excluding hydrogens is 314 g/mol. The molecule has 0 unspecified atom stereocenters. The summed E-state index contributed by atoms with van der Waals surface area (Å²) in [6.07, 6.45) is 0. The highest BCUT2D eigenvalue weighted by Crippen LogP contribution is 2.11. The van der Waals surface area contributed by atoms with Crippen LogP contribution in [-0.4, -0.2) is 27.9 Å². The molecule has 0 saturated carbocycles. The van der Waals surface area contributed by atoms with E-state index in [1.807, 2.05) is 24.9 Å². The molecule has 1 heterocycles. The molecule has 2 rings (SSSR count). The van der Waals surface area contributed by atoms with Crippen LogP contribution in [0.25, 0.3) is 0 Å². The van der Waals surface area contributed by atoms with Gasteiger partial charge in [0, 0.05) is 7.05 Å². The van der Waals surface area contributed by atoms with Gasteiger partial charge in [-0.3, -0.25) is 19.1 Å². The van der Waals surface area contributed by atoms with Crippen LogP contribution in [0.3, 0.4) is 0 Å². The molecular formula is C16H17N3O5. The second-order valence-electron chi connectivity index (χ2n) is 5.45. The van der Waals surface area contributed by atoms with Gasteiger partial charge in [-0.2, -0.15) is 0 Å². The largest absolute Gasteiger partial charge is 0.454 e. The number of nitrogen functional groups attached to an aromatic ring is 1. The van der Waals surface area contributed by atoms with Crippen molar-refractivity contribution in [3.63, 3.8) is 0 Å². The Kier molecular flexibility index (Phi) is 4.68. The first kappa shape index (κ1) is 17.2. The quantitative estimate of drug-likeness (QED) is 0.614. The summed E-state index contributed by atoms with van der Waals surface area (Å²) in [5.41, 5.74) is 5.63. The van der Waals surface area contributed by atoms with Crippen LogP contribution >= 0.6 is 0 Å². The molecule has 0 aliphatic carbocycles. The van der Waals surface area contributed by atoms with E-state index in [0.717, 1.165) is 15.7 Å². The van der Waals surface area contributed by atoms with Gasteiger partial charge in [0.2, 0.25) is 5.78 Å². The number of nitrogens with one attached hydrogen (secondary N) is 1. The monoisotopic (exact) mass is 331 g/mol. The number of nitrogens with two attached hydrogens (primary N) is 1. The van der Waals surface area contributed by atoms with Gasteiger partial charge in [0.15, 0.2) is 6.61 Å². The molecule has 3 N–H and O–H groups in total. The lowest BCUT2D eigenvalue weighted by Gasteiger charge is -2.09. The highest BCUT2D eigenvalue weighted by Gasteiger charge is 2.20. The Bertz CT molecular complexity index is 919. The van der Waals surface area contributed by atoms with Crippen LogP contribution in [0.2, 0.25) is 0 Å². The summed E-state index contributed by atoms with van der Waals surface area (Å²) in [4.78, 5) is 49.3. The molecule has 2 aromatic rings. The zero-order chi connectivity index (χ0) is 18.0. The van der Waals surface area contributed by atoms with E-state index in [1.165, 1.54) is 7.05 Å². The third-order valence-corrected chi connectivity index (χ3v) is 3.44. The van der Waals surface area contributed by atoms with E-state index in [0.29, 0.717) is 5.56 Å². The lowest BCUT2D eigenvalue weighted by atomic mass is 10.1. The van der Waals surface area contributed by atoms with Gasteiger partial charge in [-0.25, -0.2) is 9.59 Å². The van der Waals surface area contributed by atoms with Crippen molar-refractivity contribution in [1.82, 2.24) is 9.55 Å². The number of carbonyl (C=O) groups is 2. The fraction of sp³-hybridized carbons (Fsp3) is 0.250. The maximum atomic E-state index is 12.1. The fourth-order valence-electron chi connectivity index (χ4n) is 2.29. The highest BCUT2D eigenvalue weighted by atomic mass is 16.5. The van der Waals surface area contributed by atoms with Crippen molar-refractivity contribution in [2.45, 2.75) is 13.8 Å². The minimum atomic E-state index is -0.914. The van der Waals surface area contributed by atoms with Gasteiger partial charge in [-0.05, 0) is 26.0 Å². The summed E-state index contributed by atoms with van der Waals surface area (Å²) < 4.78 is 5.88. The molecule has 0 radical (unpaired) electrons. The average molecular weight is 331 g/mol. The second kappa shape index (κ2) is 6.53. The normalized spacial score (nSPS) is 10.5. The minimum absolute atomic E-state index is 0.281. The number of rotatable bonds is 4. The number of aryl methyl sites for hydroxylation is 2. The van der Waals surface area contributed by atoms with Crippen LogP contribution in [0, 0.1) is 13.8 Å². The topological polar surface area (TPSA) is 124 Å². The van der Waals surface area contributed by atoms with Crippen LogP contribution in [0.15, 0.2) is 27.8 Å². The molecule has 0 fully saturated rings. The lowest BCUT2D eigenvalue weighted by Crippen LogP contribution is -2.35. The summed E-state index contributed by atoms with van der Waals surface area (Å²) in [6, 6.07) is 5.16. The van der Waals surface area contributed by atoms with Crippen LogP contribution in [-0.2, 0) is 11.8 Å². The van der Waals surface area contributed by atoms with Gasteiger partial charge in [0.1, 0.15) is 11.4 Å². The number of aromatic nitrogens is 2. The molecule has 0 bridgehead atoms. The van der Waals surface area contributed by atoms with Gasteiger partial charge in [0.05, 0.1) is 5.56 Å². The molecule has 0 saturated heterocycles. The smallest absolute Gasteiger partial charge is 0.338 e. The van der Waals surface area contributed by atoms with Crippen LogP contribution < -0.4 is 17.0 Å². The predicted molar refractivity (Wildman–Crippen MR) is 87.2 cm³/mol. The Morgan fingerprint density at radius 3 is 2.33 bits per heavy atom. The number of carbonyl (C=O) groups excluding carboxylic acids is 2. The second-order valence-corrected chi connectivity index (χ2v) is 5.45. The number of ether oxygens (including phenoxy) is 1. The molecule has 0 atom stereocenters. The Morgan fingerprint density at radius 1 is 1.17 bits per heavy atom. The molecule has 126 valence electrons. The number of Topliss-reactive ketones (excluding diaryl/α,β-unsaturated/α-hetero) is 1. The maximum Gasteiger partial charge on any atom is 0.338 e. The number of nitrogens with zero attached hydrogens (tertiary/aromatic N) is 1. The highest BCUT2D eigenvalue weighted by molar-refractivity contribution is 6.02. The summed E-state index contributed by atoms with van der Waals surface area (Å²) in [6.45, 7) is 3.01. The first-order chi connectivity index (χ1) is 11.2. The molecule has 0 spiro atoms. The standard InChI is InChI=1S/C16H17N3O5/c1-8-4-9(2)6-10(5-8)15(22)24-7-11(20)12-13(17)19(3)16(23)18-14(12)21/h4-6H,7,17H2,1-3H3,(H,18,21,23). The molecule has 0 aliphatic heterocycles. The van der Waals surface area contributed by atoms with E-state index in [4.69, 9.17) is 10.5 Å².